The molecular weight excluding hydrogens is 250 g/mol. The summed E-state index contributed by atoms with van der Waals surface area (Å²) in [5, 5.41) is 10.3. The smallest absolute Gasteiger partial charge is 0.213 e. The van der Waals surface area contributed by atoms with Crippen molar-refractivity contribution in [3.8, 4) is 0 Å². The maximum atomic E-state index is 11.8. The first-order chi connectivity index (χ1) is 8.32. The van der Waals surface area contributed by atoms with Crippen LogP contribution in [0, 0.1) is 17.3 Å². The van der Waals surface area contributed by atoms with Gasteiger partial charge in [-0.25, -0.2) is 12.7 Å². The highest BCUT2D eigenvalue weighted by atomic mass is 32.2. The lowest BCUT2D eigenvalue weighted by Crippen LogP contribution is -2.59. The molecule has 1 aliphatic heterocycles. The normalized spacial score (nSPS) is 32.7. The molecule has 2 fully saturated rings. The molecule has 4 nitrogen and oxygen atoms in total. The van der Waals surface area contributed by atoms with Crippen LogP contribution >= 0.6 is 0 Å². The molecule has 1 aliphatic carbocycles. The lowest BCUT2D eigenvalue weighted by atomic mass is 9.53. The van der Waals surface area contributed by atoms with Gasteiger partial charge in [0, 0.05) is 13.1 Å². The van der Waals surface area contributed by atoms with Crippen molar-refractivity contribution in [3.63, 3.8) is 0 Å². The summed E-state index contributed by atoms with van der Waals surface area (Å²) in [7, 11) is -3.05. The Morgan fingerprint density at radius 2 is 1.89 bits per heavy atom. The molecule has 1 saturated carbocycles. The fraction of sp³-hybridized carbons (Fsp3) is 1.00. The Morgan fingerprint density at radius 3 is 2.28 bits per heavy atom. The lowest BCUT2D eigenvalue weighted by molar-refractivity contribution is -0.156. The van der Waals surface area contributed by atoms with Gasteiger partial charge in [0.05, 0.1) is 11.9 Å². The minimum atomic E-state index is -3.05. The summed E-state index contributed by atoms with van der Waals surface area (Å²) >= 11 is 0. The SMILES string of the molecule is CCS(=O)(=O)N1CCC2(CC1)CC(C(C)C)C2O. The zero-order valence-corrected chi connectivity index (χ0v) is 12.4. The number of nitrogens with zero attached hydrogens (tertiary/aromatic N) is 1. The molecule has 2 rings (SSSR count). The van der Waals surface area contributed by atoms with E-state index in [-0.39, 0.29) is 17.3 Å². The van der Waals surface area contributed by atoms with Gasteiger partial charge in [0.2, 0.25) is 10.0 Å². The Morgan fingerprint density at radius 1 is 1.33 bits per heavy atom. The van der Waals surface area contributed by atoms with E-state index in [2.05, 4.69) is 13.8 Å². The first-order valence-electron chi connectivity index (χ1n) is 6.98. The Labute approximate surface area is 110 Å². The van der Waals surface area contributed by atoms with Crippen LogP contribution < -0.4 is 0 Å². The first-order valence-corrected chi connectivity index (χ1v) is 8.59. The fourth-order valence-corrected chi connectivity index (χ4v) is 4.59. The third kappa shape index (κ3) is 2.21. The second-order valence-corrected chi connectivity index (χ2v) is 8.48. The predicted molar refractivity (Wildman–Crippen MR) is 71.7 cm³/mol. The maximum absolute atomic E-state index is 11.8. The molecule has 0 radical (unpaired) electrons. The molecule has 2 unspecified atom stereocenters. The third-order valence-electron chi connectivity index (χ3n) is 5.01. The average molecular weight is 275 g/mol. The Bertz CT molecular complexity index is 396. The molecule has 1 N–H and O–H groups in total. The average Bonchev–Trinajstić information content (AvgIpc) is 2.35. The van der Waals surface area contributed by atoms with E-state index >= 15 is 0 Å². The van der Waals surface area contributed by atoms with Crippen LogP contribution in [0.15, 0.2) is 0 Å². The standard InChI is InChI=1S/C13H25NO3S/c1-4-18(16,17)14-7-5-13(6-8-14)9-11(10(2)3)12(13)15/h10-12,15H,4-9H2,1-3H3. The summed E-state index contributed by atoms with van der Waals surface area (Å²) in [5.74, 6) is 1.10. The number of hydrogen-bond donors (Lipinski definition) is 1. The minimum Gasteiger partial charge on any atom is -0.392 e. The zero-order chi connectivity index (χ0) is 13.6. The van der Waals surface area contributed by atoms with Crippen molar-refractivity contribution >= 4 is 10.0 Å². The van der Waals surface area contributed by atoms with E-state index in [1.54, 1.807) is 11.2 Å². The number of sulfonamides is 1. The predicted octanol–water partition coefficient (Wildman–Crippen LogP) is 1.46. The van der Waals surface area contributed by atoms with Crippen LogP contribution in [0.25, 0.3) is 0 Å². The molecule has 0 amide bonds. The molecule has 0 aromatic heterocycles. The zero-order valence-electron chi connectivity index (χ0n) is 11.6. The Kier molecular flexibility index (Phi) is 3.78. The highest BCUT2D eigenvalue weighted by Crippen LogP contribution is 2.55. The molecule has 1 heterocycles. The lowest BCUT2D eigenvalue weighted by Gasteiger charge is -2.57. The Hall–Kier alpha value is -0.130. The van der Waals surface area contributed by atoms with E-state index in [1.807, 2.05) is 0 Å². The molecule has 2 atom stereocenters. The number of aliphatic hydroxyl groups is 1. The highest BCUT2D eigenvalue weighted by Gasteiger charge is 2.55. The quantitative estimate of drug-likeness (QED) is 0.848. The summed E-state index contributed by atoms with van der Waals surface area (Å²) in [5.41, 5.74) is 0.00863. The molecule has 0 aromatic carbocycles. The van der Waals surface area contributed by atoms with E-state index in [0.29, 0.717) is 24.9 Å². The topological polar surface area (TPSA) is 57.6 Å². The van der Waals surface area contributed by atoms with Crippen LogP contribution in [0.5, 0.6) is 0 Å². The van der Waals surface area contributed by atoms with Gasteiger partial charge in [-0.05, 0) is 43.4 Å². The van der Waals surface area contributed by atoms with Gasteiger partial charge in [-0.2, -0.15) is 0 Å². The van der Waals surface area contributed by atoms with Crippen LogP contribution in [0.2, 0.25) is 0 Å². The number of aliphatic hydroxyl groups excluding tert-OH is 1. The number of rotatable bonds is 3. The van der Waals surface area contributed by atoms with Crippen LogP contribution in [0.4, 0.5) is 0 Å². The van der Waals surface area contributed by atoms with Gasteiger partial charge >= 0.3 is 0 Å². The molecule has 1 saturated heterocycles. The van der Waals surface area contributed by atoms with Crippen molar-refractivity contribution < 1.29 is 13.5 Å². The van der Waals surface area contributed by atoms with Gasteiger partial charge in [0.1, 0.15) is 0 Å². The number of hydrogen-bond acceptors (Lipinski definition) is 3. The molecule has 1 spiro atoms. The summed E-state index contributed by atoms with van der Waals surface area (Å²) in [6, 6.07) is 0. The molecule has 2 aliphatic rings. The summed E-state index contributed by atoms with van der Waals surface area (Å²) in [6.07, 6.45) is 2.46. The maximum Gasteiger partial charge on any atom is 0.213 e. The molecular formula is C13H25NO3S. The van der Waals surface area contributed by atoms with Crippen molar-refractivity contribution in [2.75, 3.05) is 18.8 Å². The van der Waals surface area contributed by atoms with Crippen molar-refractivity contribution in [2.24, 2.45) is 17.3 Å². The first kappa shape index (κ1) is 14.3. The van der Waals surface area contributed by atoms with Crippen molar-refractivity contribution in [1.82, 2.24) is 4.31 Å². The summed E-state index contributed by atoms with van der Waals surface area (Å²) < 4.78 is 25.2. The van der Waals surface area contributed by atoms with E-state index in [0.717, 1.165) is 19.3 Å². The van der Waals surface area contributed by atoms with Gasteiger partial charge in [0.15, 0.2) is 0 Å². The van der Waals surface area contributed by atoms with Crippen LogP contribution in [0.3, 0.4) is 0 Å². The monoisotopic (exact) mass is 275 g/mol. The Balaban J connectivity index is 1.96. The fourth-order valence-electron chi connectivity index (χ4n) is 3.49. The summed E-state index contributed by atoms with van der Waals surface area (Å²) in [6.45, 7) is 7.15. The molecule has 0 bridgehead atoms. The molecule has 18 heavy (non-hydrogen) atoms. The van der Waals surface area contributed by atoms with Gasteiger partial charge < -0.3 is 5.11 Å². The van der Waals surface area contributed by atoms with Gasteiger partial charge in [-0.3, -0.25) is 0 Å². The van der Waals surface area contributed by atoms with Crippen molar-refractivity contribution in [2.45, 2.75) is 46.1 Å². The second kappa shape index (κ2) is 4.76. The largest absolute Gasteiger partial charge is 0.392 e. The molecule has 5 heteroatoms. The van der Waals surface area contributed by atoms with E-state index in [4.69, 9.17) is 0 Å². The van der Waals surface area contributed by atoms with Gasteiger partial charge in [-0.1, -0.05) is 13.8 Å². The number of piperidine rings is 1. The summed E-state index contributed by atoms with van der Waals surface area (Å²) in [4.78, 5) is 0. The van der Waals surface area contributed by atoms with E-state index in [1.165, 1.54) is 0 Å². The van der Waals surface area contributed by atoms with Gasteiger partial charge in [0.25, 0.3) is 0 Å². The van der Waals surface area contributed by atoms with Crippen LogP contribution in [-0.2, 0) is 10.0 Å². The van der Waals surface area contributed by atoms with Crippen molar-refractivity contribution in [3.05, 3.63) is 0 Å². The molecule has 106 valence electrons. The van der Waals surface area contributed by atoms with Crippen LogP contribution in [0.1, 0.15) is 40.0 Å². The second-order valence-electron chi connectivity index (χ2n) is 6.22. The minimum absolute atomic E-state index is 0.00863. The highest BCUT2D eigenvalue weighted by molar-refractivity contribution is 7.89. The van der Waals surface area contributed by atoms with Crippen molar-refractivity contribution in [1.29, 1.82) is 0 Å². The third-order valence-corrected chi connectivity index (χ3v) is 6.89. The molecule has 0 aromatic rings. The van der Waals surface area contributed by atoms with E-state index in [9.17, 15) is 13.5 Å². The van der Waals surface area contributed by atoms with Gasteiger partial charge in [-0.15, -0.1) is 0 Å². The van der Waals surface area contributed by atoms with E-state index < -0.39 is 10.0 Å². The van der Waals surface area contributed by atoms with Crippen LogP contribution in [-0.4, -0.2) is 42.8 Å².